The van der Waals surface area contributed by atoms with E-state index in [-0.39, 0.29) is 11.2 Å². The van der Waals surface area contributed by atoms with Crippen molar-refractivity contribution in [3.05, 3.63) is 70.1 Å². The smallest absolute Gasteiger partial charge is 0.174 e. The fraction of sp³-hybridized carbons (Fsp3) is 0.320. The Hall–Kier alpha value is -3.39. The number of nitrogens with one attached hydrogen (secondary N) is 1. The molecule has 0 fully saturated rings. The molecule has 0 spiro atoms. The summed E-state index contributed by atoms with van der Waals surface area (Å²) in [5, 5.41) is 8.51. The molecular weight excluding hydrogens is 432 g/mol. The van der Waals surface area contributed by atoms with E-state index in [4.69, 9.17) is 0 Å². The van der Waals surface area contributed by atoms with Gasteiger partial charge in [-0.25, -0.2) is 15.0 Å². The summed E-state index contributed by atoms with van der Waals surface area (Å²) in [6.07, 6.45) is 6.30. The maximum absolute atomic E-state index is 12.7. The fourth-order valence-electron chi connectivity index (χ4n) is 3.45. The molecule has 0 aliphatic carbocycles. The van der Waals surface area contributed by atoms with Crippen molar-refractivity contribution >= 4 is 28.8 Å². The lowest BCUT2D eigenvalue weighted by Gasteiger charge is -2.13. The first-order chi connectivity index (χ1) is 15.7. The number of thiazole rings is 1. The van der Waals surface area contributed by atoms with Gasteiger partial charge in [0.25, 0.3) is 0 Å². The first-order valence-corrected chi connectivity index (χ1v) is 11.7. The number of hydrogen-bond donors (Lipinski definition) is 1. The second-order valence-corrected chi connectivity index (χ2v) is 10.2. The van der Waals surface area contributed by atoms with Crippen molar-refractivity contribution in [1.82, 2.24) is 24.7 Å². The summed E-state index contributed by atoms with van der Waals surface area (Å²) in [6.45, 7) is 8.41. The van der Waals surface area contributed by atoms with Crippen molar-refractivity contribution in [2.75, 3.05) is 5.32 Å². The van der Waals surface area contributed by atoms with Gasteiger partial charge in [0.05, 0.1) is 15.6 Å². The number of anilines is 2. The molecule has 3 aromatic heterocycles. The van der Waals surface area contributed by atoms with Gasteiger partial charge in [0.2, 0.25) is 0 Å². The van der Waals surface area contributed by atoms with Crippen molar-refractivity contribution < 1.29 is 4.79 Å². The number of aromatic nitrogens is 5. The molecule has 8 heteroatoms. The van der Waals surface area contributed by atoms with Crippen LogP contribution in [-0.2, 0) is 18.9 Å². The molecule has 0 aliphatic heterocycles. The molecule has 0 atom stereocenters. The molecular formula is C25H28N6OS. The summed E-state index contributed by atoms with van der Waals surface area (Å²) in [5.74, 6) is 1.56. The monoisotopic (exact) mass is 460 g/mol. The molecule has 3 heterocycles. The van der Waals surface area contributed by atoms with Crippen LogP contribution in [0.5, 0.6) is 0 Å². The summed E-state index contributed by atoms with van der Waals surface area (Å²) < 4.78 is 1.73. The third kappa shape index (κ3) is 5.51. The van der Waals surface area contributed by atoms with Gasteiger partial charge >= 0.3 is 0 Å². The van der Waals surface area contributed by atoms with E-state index in [1.54, 1.807) is 17.2 Å². The lowest BCUT2D eigenvalue weighted by atomic mass is 9.98. The molecule has 0 saturated carbocycles. The Morgan fingerprint density at radius 3 is 2.58 bits per heavy atom. The third-order valence-corrected chi connectivity index (χ3v) is 6.78. The minimum atomic E-state index is -0.0381. The Kier molecular flexibility index (Phi) is 6.37. The summed E-state index contributed by atoms with van der Waals surface area (Å²) in [6, 6.07) is 10.0. The lowest BCUT2D eigenvalue weighted by molar-refractivity contribution is 0.0986. The molecule has 4 rings (SSSR count). The maximum Gasteiger partial charge on any atom is 0.174 e. The second-order valence-electron chi connectivity index (χ2n) is 9.13. The molecule has 0 aliphatic rings. The van der Waals surface area contributed by atoms with Crippen LogP contribution in [0.15, 0.2) is 49.1 Å². The predicted octanol–water partition coefficient (Wildman–Crippen LogP) is 5.50. The SMILES string of the molecule is Cc1cc(-c2cc(Nc3ccn(C)n3)ncn2)ccc1CCC(=O)c1cnc(C(C)(C)C)s1. The highest BCUT2D eigenvalue weighted by atomic mass is 32.1. The van der Waals surface area contributed by atoms with Crippen molar-refractivity contribution in [3.63, 3.8) is 0 Å². The number of carbonyl (C=O) groups is 1. The minimum absolute atomic E-state index is 0.0381. The van der Waals surface area contributed by atoms with Gasteiger partial charge in [-0.1, -0.05) is 32.9 Å². The van der Waals surface area contributed by atoms with E-state index < -0.39 is 0 Å². The molecule has 0 bridgehead atoms. The number of carbonyl (C=O) groups excluding carboxylic acids is 1. The number of benzene rings is 1. The van der Waals surface area contributed by atoms with Gasteiger partial charge in [-0.2, -0.15) is 5.10 Å². The average Bonchev–Trinajstić information content (AvgIpc) is 3.42. The molecule has 170 valence electrons. The van der Waals surface area contributed by atoms with E-state index >= 15 is 0 Å². The largest absolute Gasteiger partial charge is 0.323 e. The molecule has 33 heavy (non-hydrogen) atoms. The van der Waals surface area contributed by atoms with Crippen LogP contribution in [0.2, 0.25) is 0 Å². The summed E-state index contributed by atoms with van der Waals surface area (Å²) in [7, 11) is 1.87. The summed E-state index contributed by atoms with van der Waals surface area (Å²) >= 11 is 1.50. The van der Waals surface area contributed by atoms with Crippen molar-refractivity contribution in [2.24, 2.45) is 7.05 Å². The number of nitrogens with zero attached hydrogens (tertiary/aromatic N) is 5. The number of hydrogen-bond acceptors (Lipinski definition) is 7. The van der Waals surface area contributed by atoms with Crippen LogP contribution >= 0.6 is 11.3 Å². The Morgan fingerprint density at radius 1 is 1.09 bits per heavy atom. The lowest BCUT2D eigenvalue weighted by Crippen LogP contribution is -2.09. The van der Waals surface area contributed by atoms with Crippen molar-refractivity contribution in [3.8, 4) is 11.3 Å². The van der Waals surface area contributed by atoms with Crippen LogP contribution in [0.1, 0.15) is 53.0 Å². The van der Waals surface area contributed by atoms with Crippen LogP contribution in [0.25, 0.3) is 11.3 Å². The number of aryl methyl sites for hydroxylation is 3. The molecule has 0 saturated heterocycles. The van der Waals surface area contributed by atoms with Crippen LogP contribution in [-0.4, -0.2) is 30.5 Å². The third-order valence-electron chi connectivity index (χ3n) is 5.32. The van der Waals surface area contributed by atoms with E-state index in [1.807, 2.05) is 31.4 Å². The van der Waals surface area contributed by atoms with Gasteiger partial charge < -0.3 is 5.32 Å². The number of rotatable bonds is 7. The Balaban J connectivity index is 1.43. The Bertz CT molecular complexity index is 1280. The highest BCUT2D eigenvalue weighted by Crippen LogP contribution is 2.28. The zero-order chi connectivity index (χ0) is 23.6. The minimum Gasteiger partial charge on any atom is -0.323 e. The standard InChI is InChI=1S/C25H28N6OS/c1-16-12-18(19-13-23(28-15-27-19)29-22-10-11-31(5)30-22)7-6-17(16)8-9-20(32)21-14-26-24(33-21)25(2,3)4/h6-7,10-15H,8-9H2,1-5H3,(H,27,28,29,30). The number of Topliss-reactive ketones (excluding diaryl/α,β-unsaturated/α-hetero) is 1. The van der Waals surface area contributed by atoms with Crippen molar-refractivity contribution in [1.29, 1.82) is 0 Å². The first-order valence-electron chi connectivity index (χ1n) is 10.9. The van der Waals surface area contributed by atoms with E-state index in [9.17, 15) is 4.79 Å². The van der Waals surface area contributed by atoms with Crippen LogP contribution in [0, 0.1) is 6.92 Å². The quantitative estimate of drug-likeness (QED) is 0.367. The van der Waals surface area contributed by atoms with E-state index in [2.05, 4.69) is 65.2 Å². The van der Waals surface area contributed by atoms with Gasteiger partial charge in [0, 0.05) is 49.0 Å². The Morgan fingerprint density at radius 2 is 1.91 bits per heavy atom. The van der Waals surface area contributed by atoms with Gasteiger partial charge in [0.15, 0.2) is 11.6 Å². The molecule has 1 aromatic carbocycles. The summed E-state index contributed by atoms with van der Waals surface area (Å²) in [5.41, 5.74) is 4.09. The zero-order valence-electron chi connectivity index (χ0n) is 19.6. The van der Waals surface area contributed by atoms with Crippen LogP contribution < -0.4 is 5.32 Å². The van der Waals surface area contributed by atoms with Gasteiger partial charge in [-0.05, 0) is 30.5 Å². The molecule has 7 nitrogen and oxygen atoms in total. The average molecular weight is 461 g/mol. The predicted molar refractivity (Wildman–Crippen MR) is 132 cm³/mol. The van der Waals surface area contributed by atoms with Crippen LogP contribution in [0.4, 0.5) is 11.6 Å². The van der Waals surface area contributed by atoms with E-state index in [0.29, 0.717) is 18.7 Å². The normalized spacial score (nSPS) is 11.5. The molecule has 0 unspecified atom stereocenters. The van der Waals surface area contributed by atoms with Gasteiger partial charge in [0.1, 0.15) is 12.1 Å². The highest BCUT2D eigenvalue weighted by Gasteiger charge is 2.20. The van der Waals surface area contributed by atoms with E-state index in [1.165, 1.54) is 11.3 Å². The molecule has 0 radical (unpaired) electrons. The van der Waals surface area contributed by atoms with Gasteiger partial charge in [-0.3, -0.25) is 9.48 Å². The first kappa shape index (κ1) is 22.8. The number of ketones is 1. The Labute approximate surface area is 198 Å². The topological polar surface area (TPSA) is 85.6 Å². The maximum atomic E-state index is 12.7. The summed E-state index contributed by atoms with van der Waals surface area (Å²) in [4.78, 5) is 26.6. The van der Waals surface area contributed by atoms with Gasteiger partial charge in [-0.15, -0.1) is 11.3 Å². The zero-order valence-corrected chi connectivity index (χ0v) is 20.4. The highest BCUT2D eigenvalue weighted by molar-refractivity contribution is 7.13. The molecule has 4 aromatic rings. The van der Waals surface area contributed by atoms with Crippen molar-refractivity contribution in [2.45, 2.75) is 46.0 Å². The second kappa shape index (κ2) is 9.23. The molecule has 1 N–H and O–H groups in total. The fourth-order valence-corrected chi connectivity index (χ4v) is 4.39. The van der Waals surface area contributed by atoms with E-state index in [0.717, 1.165) is 38.1 Å². The van der Waals surface area contributed by atoms with Crippen LogP contribution in [0.3, 0.4) is 0 Å². The molecule has 0 amide bonds.